The van der Waals surface area contributed by atoms with Crippen molar-refractivity contribution in [1.82, 2.24) is 25.2 Å². The zero-order valence-corrected chi connectivity index (χ0v) is 14.8. The summed E-state index contributed by atoms with van der Waals surface area (Å²) < 4.78 is 2.21. The lowest BCUT2D eigenvalue weighted by Crippen LogP contribution is -2.37. The molecule has 2 amide bonds. The fraction of sp³-hybridized carbons (Fsp3) is 0.500. The normalized spacial score (nSPS) is 13.4. The molecular formula is C18H25N5O2. The van der Waals surface area contributed by atoms with E-state index in [0.717, 1.165) is 35.7 Å². The van der Waals surface area contributed by atoms with Crippen molar-refractivity contribution in [3.63, 3.8) is 0 Å². The fourth-order valence-corrected chi connectivity index (χ4v) is 3.23. The number of nitrogens with one attached hydrogen (secondary N) is 3. The van der Waals surface area contributed by atoms with Gasteiger partial charge in [-0.2, -0.15) is 0 Å². The molecule has 1 aliphatic rings. The van der Waals surface area contributed by atoms with Gasteiger partial charge < -0.3 is 20.2 Å². The Labute approximate surface area is 146 Å². The molecule has 2 aromatic heterocycles. The quantitative estimate of drug-likeness (QED) is 0.769. The van der Waals surface area contributed by atoms with Crippen molar-refractivity contribution in [1.29, 1.82) is 0 Å². The standard InChI is InChI=1S/C18H25N5O2/c1-12-9-13(2)21-17(24)15(12)10-20-18(25)19-7-6-14-11-23-8-4-3-5-16(23)22-14/h9,11H,3-8,10H2,1-2H3,(H,21,24)(H2,19,20,25). The molecule has 0 saturated heterocycles. The minimum absolute atomic E-state index is 0.151. The Morgan fingerprint density at radius 2 is 2.16 bits per heavy atom. The second-order valence-electron chi connectivity index (χ2n) is 6.60. The number of aromatic amines is 1. The Hall–Kier alpha value is -2.57. The van der Waals surface area contributed by atoms with E-state index in [4.69, 9.17) is 0 Å². The maximum Gasteiger partial charge on any atom is 0.315 e. The number of urea groups is 1. The minimum atomic E-state index is -0.275. The van der Waals surface area contributed by atoms with Crippen LogP contribution in [0.15, 0.2) is 17.1 Å². The van der Waals surface area contributed by atoms with Gasteiger partial charge in [-0.3, -0.25) is 4.79 Å². The van der Waals surface area contributed by atoms with E-state index in [1.807, 2.05) is 19.9 Å². The summed E-state index contributed by atoms with van der Waals surface area (Å²) in [6.07, 6.45) is 6.24. The zero-order valence-electron chi connectivity index (χ0n) is 14.8. The second-order valence-corrected chi connectivity index (χ2v) is 6.60. The van der Waals surface area contributed by atoms with E-state index in [0.29, 0.717) is 18.5 Å². The van der Waals surface area contributed by atoms with E-state index < -0.39 is 0 Å². The molecule has 134 valence electrons. The number of rotatable bonds is 5. The largest absolute Gasteiger partial charge is 0.338 e. The van der Waals surface area contributed by atoms with Gasteiger partial charge in [0.2, 0.25) is 0 Å². The van der Waals surface area contributed by atoms with Gasteiger partial charge in [-0.05, 0) is 38.3 Å². The van der Waals surface area contributed by atoms with Gasteiger partial charge in [-0.1, -0.05) is 0 Å². The van der Waals surface area contributed by atoms with Crippen molar-refractivity contribution in [2.24, 2.45) is 0 Å². The Morgan fingerprint density at radius 1 is 1.32 bits per heavy atom. The Balaban J connectivity index is 1.46. The molecule has 0 atom stereocenters. The molecule has 0 fully saturated rings. The summed E-state index contributed by atoms with van der Waals surface area (Å²) in [4.78, 5) is 31.2. The van der Waals surface area contributed by atoms with Gasteiger partial charge >= 0.3 is 6.03 Å². The molecule has 2 aromatic rings. The predicted octanol–water partition coefficient (Wildman–Crippen LogP) is 1.57. The van der Waals surface area contributed by atoms with Gasteiger partial charge in [-0.15, -0.1) is 0 Å². The van der Waals surface area contributed by atoms with Crippen LogP contribution in [0, 0.1) is 13.8 Å². The number of imidazole rings is 1. The number of carbonyl (C=O) groups is 1. The number of pyridine rings is 1. The van der Waals surface area contributed by atoms with Crippen molar-refractivity contribution >= 4 is 6.03 Å². The lowest BCUT2D eigenvalue weighted by molar-refractivity contribution is 0.240. The molecule has 1 aliphatic heterocycles. The van der Waals surface area contributed by atoms with Crippen molar-refractivity contribution in [3.05, 3.63) is 51.0 Å². The van der Waals surface area contributed by atoms with Crippen LogP contribution in [0.4, 0.5) is 4.79 Å². The highest BCUT2D eigenvalue weighted by atomic mass is 16.2. The van der Waals surface area contributed by atoms with Crippen molar-refractivity contribution in [3.8, 4) is 0 Å². The zero-order chi connectivity index (χ0) is 17.8. The van der Waals surface area contributed by atoms with Crippen LogP contribution in [0.3, 0.4) is 0 Å². The average Bonchev–Trinajstić information content (AvgIpc) is 2.96. The molecule has 0 spiro atoms. The molecule has 25 heavy (non-hydrogen) atoms. The predicted molar refractivity (Wildman–Crippen MR) is 95.6 cm³/mol. The third-order valence-corrected chi connectivity index (χ3v) is 4.54. The maximum atomic E-state index is 11.9. The van der Waals surface area contributed by atoms with Gasteiger partial charge in [0.1, 0.15) is 5.82 Å². The highest BCUT2D eigenvalue weighted by Gasteiger charge is 2.12. The summed E-state index contributed by atoms with van der Waals surface area (Å²) in [6.45, 7) is 5.49. The summed E-state index contributed by atoms with van der Waals surface area (Å²) in [5.41, 5.74) is 3.15. The summed E-state index contributed by atoms with van der Waals surface area (Å²) in [5.74, 6) is 1.15. The third kappa shape index (κ3) is 4.29. The highest BCUT2D eigenvalue weighted by Crippen LogP contribution is 2.14. The van der Waals surface area contributed by atoms with Gasteiger partial charge in [0.05, 0.1) is 12.2 Å². The lowest BCUT2D eigenvalue weighted by atomic mass is 10.1. The summed E-state index contributed by atoms with van der Waals surface area (Å²) >= 11 is 0. The first-order valence-electron chi connectivity index (χ1n) is 8.79. The van der Waals surface area contributed by atoms with Gasteiger partial charge in [0.15, 0.2) is 0 Å². The Kier molecular flexibility index (Phi) is 5.21. The average molecular weight is 343 g/mol. The molecule has 7 nitrogen and oxygen atoms in total. The van der Waals surface area contributed by atoms with Crippen LogP contribution in [0.2, 0.25) is 0 Å². The first kappa shape index (κ1) is 17.3. The Morgan fingerprint density at radius 3 is 2.92 bits per heavy atom. The molecule has 0 unspecified atom stereocenters. The van der Waals surface area contributed by atoms with E-state index in [2.05, 4.69) is 31.4 Å². The number of H-pyrrole nitrogens is 1. The van der Waals surface area contributed by atoms with Gasteiger partial charge in [0, 0.05) is 43.4 Å². The van der Waals surface area contributed by atoms with E-state index in [1.165, 1.54) is 12.8 Å². The van der Waals surface area contributed by atoms with Crippen LogP contribution in [0.1, 0.15) is 41.2 Å². The number of nitrogens with zero attached hydrogens (tertiary/aromatic N) is 2. The Bertz CT molecular complexity index is 798. The molecule has 0 bridgehead atoms. The summed E-state index contributed by atoms with van der Waals surface area (Å²) in [7, 11) is 0. The van der Waals surface area contributed by atoms with Crippen molar-refractivity contribution in [2.75, 3.05) is 6.54 Å². The fourth-order valence-electron chi connectivity index (χ4n) is 3.23. The monoisotopic (exact) mass is 343 g/mol. The minimum Gasteiger partial charge on any atom is -0.338 e. The highest BCUT2D eigenvalue weighted by molar-refractivity contribution is 5.73. The number of carbonyl (C=O) groups excluding carboxylic acids is 1. The molecular weight excluding hydrogens is 318 g/mol. The third-order valence-electron chi connectivity index (χ3n) is 4.54. The van der Waals surface area contributed by atoms with Crippen molar-refractivity contribution in [2.45, 2.75) is 52.6 Å². The van der Waals surface area contributed by atoms with Gasteiger partial charge in [-0.25, -0.2) is 9.78 Å². The van der Waals surface area contributed by atoms with E-state index in [1.54, 1.807) is 0 Å². The first-order chi connectivity index (χ1) is 12.0. The SMILES string of the molecule is Cc1cc(C)c(CNC(=O)NCCc2cn3c(n2)CCCC3)c(=O)[nH]1. The number of hydrogen-bond acceptors (Lipinski definition) is 3. The lowest BCUT2D eigenvalue weighted by Gasteiger charge is -2.11. The smallest absolute Gasteiger partial charge is 0.315 e. The van der Waals surface area contributed by atoms with Crippen LogP contribution in [0.25, 0.3) is 0 Å². The molecule has 7 heteroatoms. The first-order valence-corrected chi connectivity index (χ1v) is 8.79. The number of aromatic nitrogens is 3. The van der Waals surface area contributed by atoms with Gasteiger partial charge in [0.25, 0.3) is 5.56 Å². The molecule has 3 heterocycles. The molecule has 0 radical (unpaired) electrons. The second kappa shape index (κ2) is 7.55. The molecule has 0 aromatic carbocycles. The number of aryl methyl sites for hydroxylation is 4. The molecule has 3 N–H and O–H groups in total. The van der Waals surface area contributed by atoms with Crippen LogP contribution in [0.5, 0.6) is 0 Å². The maximum absolute atomic E-state index is 11.9. The summed E-state index contributed by atoms with van der Waals surface area (Å²) in [6, 6.07) is 1.62. The van der Waals surface area contributed by atoms with E-state index >= 15 is 0 Å². The number of fused-ring (bicyclic) bond motifs is 1. The number of amides is 2. The van der Waals surface area contributed by atoms with Crippen LogP contribution in [-0.2, 0) is 25.9 Å². The molecule has 0 aliphatic carbocycles. The van der Waals surface area contributed by atoms with Crippen molar-refractivity contribution < 1.29 is 4.79 Å². The van der Waals surface area contributed by atoms with E-state index in [9.17, 15) is 9.59 Å². The topological polar surface area (TPSA) is 91.8 Å². The molecule has 3 rings (SSSR count). The van der Waals surface area contributed by atoms with E-state index in [-0.39, 0.29) is 18.1 Å². The van der Waals surface area contributed by atoms with Crippen LogP contribution >= 0.6 is 0 Å². The van der Waals surface area contributed by atoms with Crippen LogP contribution < -0.4 is 16.2 Å². The van der Waals surface area contributed by atoms with Crippen LogP contribution in [-0.4, -0.2) is 27.1 Å². The molecule has 0 saturated carbocycles. The number of hydrogen-bond donors (Lipinski definition) is 3. The summed E-state index contributed by atoms with van der Waals surface area (Å²) in [5, 5.41) is 5.56.